The highest BCUT2D eigenvalue weighted by molar-refractivity contribution is 9.10. The third-order valence-electron chi connectivity index (χ3n) is 3.82. The quantitative estimate of drug-likeness (QED) is 0.916. The highest BCUT2D eigenvalue weighted by atomic mass is 79.9. The second-order valence-corrected chi connectivity index (χ2v) is 5.93. The zero-order chi connectivity index (χ0) is 13.4. The van der Waals surface area contributed by atoms with Gasteiger partial charge in [-0.2, -0.15) is 5.10 Å². The summed E-state index contributed by atoms with van der Waals surface area (Å²) in [5, 5.41) is 8.26. The fourth-order valence-corrected chi connectivity index (χ4v) is 3.64. The number of halogens is 1. The van der Waals surface area contributed by atoms with Gasteiger partial charge >= 0.3 is 0 Å². The van der Waals surface area contributed by atoms with Gasteiger partial charge in [-0.1, -0.05) is 24.3 Å². The fourth-order valence-electron chi connectivity index (χ4n) is 2.82. The average Bonchev–Trinajstić information content (AvgIpc) is 2.99. The lowest BCUT2D eigenvalue weighted by Crippen LogP contribution is -2.16. The number of aryl methyl sites for hydroxylation is 2. The molecule has 0 bridgehead atoms. The number of hydrogen-bond acceptors (Lipinski definition) is 2. The van der Waals surface area contributed by atoms with E-state index in [1.54, 1.807) is 0 Å². The molecule has 1 aromatic heterocycles. The maximum atomic E-state index is 4.72. The molecule has 1 saturated heterocycles. The first-order valence-electron chi connectivity index (χ1n) is 6.70. The van der Waals surface area contributed by atoms with E-state index in [1.165, 1.54) is 29.7 Å². The first-order chi connectivity index (χ1) is 9.18. The van der Waals surface area contributed by atoms with Gasteiger partial charge in [0.05, 0.1) is 16.2 Å². The standard InChI is InChI=1S/C15H18BrN3/c1-10-6-3-4-7-11(10)14-13(16)15(19(2)18-14)12-8-5-9-17-12/h3-4,6-7,12,17H,5,8-9H2,1-2H3. The highest BCUT2D eigenvalue weighted by Crippen LogP contribution is 2.36. The van der Waals surface area contributed by atoms with Crippen LogP contribution >= 0.6 is 15.9 Å². The molecule has 0 saturated carbocycles. The number of nitrogens with one attached hydrogen (secondary N) is 1. The van der Waals surface area contributed by atoms with Crippen LogP contribution in [-0.4, -0.2) is 16.3 Å². The molecular formula is C15H18BrN3. The second kappa shape index (κ2) is 5.10. The fraction of sp³-hybridized carbons (Fsp3) is 0.400. The van der Waals surface area contributed by atoms with Gasteiger partial charge in [0, 0.05) is 12.6 Å². The number of hydrogen-bond donors (Lipinski definition) is 1. The van der Waals surface area contributed by atoms with Crippen LogP contribution in [-0.2, 0) is 7.05 Å². The summed E-state index contributed by atoms with van der Waals surface area (Å²) in [5.74, 6) is 0. The maximum absolute atomic E-state index is 4.72. The predicted molar refractivity (Wildman–Crippen MR) is 81.1 cm³/mol. The van der Waals surface area contributed by atoms with E-state index in [2.05, 4.69) is 52.4 Å². The van der Waals surface area contributed by atoms with Gasteiger partial charge in [-0.25, -0.2) is 0 Å². The molecule has 0 radical (unpaired) electrons. The smallest absolute Gasteiger partial charge is 0.107 e. The van der Waals surface area contributed by atoms with Crippen molar-refractivity contribution in [3.05, 3.63) is 40.0 Å². The lowest BCUT2D eigenvalue weighted by atomic mass is 10.0. The van der Waals surface area contributed by atoms with E-state index in [9.17, 15) is 0 Å². The van der Waals surface area contributed by atoms with Crippen molar-refractivity contribution < 1.29 is 0 Å². The number of rotatable bonds is 2. The highest BCUT2D eigenvalue weighted by Gasteiger charge is 2.25. The summed E-state index contributed by atoms with van der Waals surface area (Å²) in [7, 11) is 2.03. The molecule has 0 amide bonds. The minimum absolute atomic E-state index is 0.421. The molecule has 1 unspecified atom stereocenters. The van der Waals surface area contributed by atoms with Crippen LogP contribution in [0.1, 0.15) is 30.1 Å². The van der Waals surface area contributed by atoms with Crippen LogP contribution in [0.25, 0.3) is 11.3 Å². The van der Waals surface area contributed by atoms with Crippen LogP contribution in [0.15, 0.2) is 28.7 Å². The zero-order valence-corrected chi connectivity index (χ0v) is 12.9. The van der Waals surface area contributed by atoms with Crippen molar-refractivity contribution in [1.29, 1.82) is 0 Å². The number of aromatic nitrogens is 2. The van der Waals surface area contributed by atoms with Crippen LogP contribution in [0.5, 0.6) is 0 Å². The molecule has 19 heavy (non-hydrogen) atoms. The summed E-state index contributed by atoms with van der Waals surface area (Å²) < 4.78 is 3.14. The molecule has 1 atom stereocenters. The number of nitrogens with zero attached hydrogens (tertiary/aromatic N) is 2. The van der Waals surface area contributed by atoms with Gasteiger partial charge in [0.1, 0.15) is 5.69 Å². The Morgan fingerprint density at radius 2 is 2.16 bits per heavy atom. The molecule has 4 heteroatoms. The molecule has 3 rings (SSSR count). The van der Waals surface area contributed by atoms with Gasteiger partial charge < -0.3 is 5.32 Å². The van der Waals surface area contributed by atoms with Gasteiger partial charge in [-0.15, -0.1) is 0 Å². The van der Waals surface area contributed by atoms with Gasteiger partial charge in [-0.05, 0) is 47.8 Å². The van der Waals surface area contributed by atoms with Gasteiger partial charge in [0.15, 0.2) is 0 Å². The van der Waals surface area contributed by atoms with Crippen molar-refractivity contribution in [3.8, 4) is 11.3 Å². The molecule has 1 aromatic carbocycles. The van der Waals surface area contributed by atoms with E-state index in [0.29, 0.717) is 6.04 Å². The van der Waals surface area contributed by atoms with Gasteiger partial charge in [-0.3, -0.25) is 4.68 Å². The molecule has 3 nitrogen and oxygen atoms in total. The summed E-state index contributed by atoms with van der Waals surface area (Å²) in [4.78, 5) is 0. The van der Waals surface area contributed by atoms with E-state index in [0.717, 1.165) is 16.7 Å². The van der Waals surface area contributed by atoms with Gasteiger partial charge in [0.25, 0.3) is 0 Å². The molecule has 0 spiro atoms. The Morgan fingerprint density at radius 3 is 2.84 bits per heavy atom. The molecule has 2 aromatic rings. The minimum atomic E-state index is 0.421. The molecule has 1 aliphatic heterocycles. The van der Waals surface area contributed by atoms with Crippen molar-refractivity contribution in [2.75, 3.05) is 6.54 Å². The van der Waals surface area contributed by atoms with Crippen LogP contribution < -0.4 is 5.32 Å². The minimum Gasteiger partial charge on any atom is -0.309 e. The van der Waals surface area contributed by atoms with Crippen LogP contribution in [0.2, 0.25) is 0 Å². The molecule has 100 valence electrons. The molecule has 0 aliphatic carbocycles. The summed E-state index contributed by atoms with van der Waals surface area (Å²) in [5.41, 5.74) is 4.77. The lowest BCUT2D eigenvalue weighted by Gasteiger charge is -2.11. The summed E-state index contributed by atoms with van der Waals surface area (Å²) >= 11 is 3.76. The third kappa shape index (κ3) is 2.23. The second-order valence-electron chi connectivity index (χ2n) is 5.14. The Balaban J connectivity index is 2.09. The van der Waals surface area contributed by atoms with E-state index >= 15 is 0 Å². The summed E-state index contributed by atoms with van der Waals surface area (Å²) in [6.07, 6.45) is 2.42. The Labute approximate surface area is 122 Å². The molecule has 1 fully saturated rings. The largest absolute Gasteiger partial charge is 0.309 e. The Hall–Kier alpha value is -1.13. The van der Waals surface area contributed by atoms with E-state index < -0.39 is 0 Å². The Kier molecular flexibility index (Phi) is 3.46. The van der Waals surface area contributed by atoms with Crippen LogP contribution in [0, 0.1) is 6.92 Å². The lowest BCUT2D eigenvalue weighted by molar-refractivity contribution is 0.572. The third-order valence-corrected chi connectivity index (χ3v) is 4.60. The van der Waals surface area contributed by atoms with Crippen molar-refractivity contribution in [2.45, 2.75) is 25.8 Å². The zero-order valence-electron chi connectivity index (χ0n) is 11.3. The first kappa shape index (κ1) is 12.9. The molecule has 1 aliphatic rings. The predicted octanol–water partition coefficient (Wildman–Crippen LogP) is 3.58. The monoisotopic (exact) mass is 319 g/mol. The first-order valence-corrected chi connectivity index (χ1v) is 7.49. The number of benzene rings is 1. The summed E-state index contributed by atoms with van der Waals surface area (Å²) in [6, 6.07) is 8.81. The van der Waals surface area contributed by atoms with E-state index in [4.69, 9.17) is 5.10 Å². The van der Waals surface area contributed by atoms with E-state index in [-0.39, 0.29) is 0 Å². The topological polar surface area (TPSA) is 29.9 Å². The van der Waals surface area contributed by atoms with E-state index in [1.807, 2.05) is 11.7 Å². The SMILES string of the molecule is Cc1ccccc1-c1nn(C)c(C2CCCN2)c1Br. The van der Waals surface area contributed by atoms with Crippen LogP contribution in [0.4, 0.5) is 0 Å². The van der Waals surface area contributed by atoms with Gasteiger partial charge in [0.2, 0.25) is 0 Å². The van der Waals surface area contributed by atoms with Crippen LogP contribution in [0.3, 0.4) is 0 Å². The Bertz CT molecular complexity index is 597. The summed E-state index contributed by atoms with van der Waals surface area (Å²) in [6.45, 7) is 3.23. The Morgan fingerprint density at radius 1 is 1.37 bits per heavy atom. The molecule has 2 heterocycles. The average molecular weight is 320 g/mol. The van der Waals surface area contributed by atoms with Crippen molar-refractivity contribution in [3.63, 3.8) is 0 Å². The normalized spacial score (nSPS) is 19.0. The van der Waals surface area contributed by atoms with Crippen molar-refractivity contribution >= 4 is 15.9 Å². The van der Waals surface area contributed by atoms with Crippen molar-refractivity contribution in [2.24, 2.45) is 7.05 Å². The molecule has 1 N–H and O–H groups in total. The van der Waals surface area contributed by atoms with Crippen molar-refractivity contribution in [1.82, 2.24) is 15.1 Å². The maximum Gasteiger partial charge on any atom is 0.107 e. The molecular weight excluding hydrogens is 302 g/mol.